The Balaban J connectivity index is 1.24. The van der Waals surface area contributed by atoms with E-state index < -0.39 is 11.9 Å². The molecule has 3 saturated carbocycles. The lowest BCUT2D eigenvalue weighted by Gasteiger charge is -2.39. The molecule has 0 radical (unpaired) electrons. The minimum Gasteiger partial charge on any atom is -0.484 e. The summed E-state index contributed by atoms with van der Waals surface area (Å²) in [6.07, 6.45) is 1.64. The molecule has 0 unspecified atom stereocenters. The van der Waals surface area contributed by atoms with E-state index in [-0.39, 0.29) is 40.8 Å². The van der Waals surface area contributed by atoms with Crippen LogP contribution in [0.3, 0.4) is 0 Å². The molecule has 3 aliphatic rings. The first-order valence-corrected chi connectivity index (χ1v) is 10.2. The molecule has 9 heteroatoms. The second kappa shape index (κ2) is 8.32. The third-order valence-corrected chi connectivity index (χ3v) is 6.04. The summed E-state index contributed by atoms with van der Waals surface area (Å²) in [5.74, 6) is 0.0146. The maximum atomic E-state index is 13.4. The number of fused-ring (bicyclic) bond motifs is 1. The van der Waals surface area contributed by atoms with Gasteiger partial charge in [0, 0.05) is 22.7 Å². The molecule has 3 aliphatic carbocycles. The molecule has 2 amide bonds. The first-order valence-electron chi connectivity index (χ1n) is 9.45. The highest BCUT2D eigenvalue weighted by Gasteiger charge is 2.57. The van der Waals surface area contributed by atoms with Gasteiger partial charge < -0.3 is 20.1 Å². The number of carbonyl (C=O) groups is 2. The standard InChI is InChI=1S/C21H19Cl2FN2O4/c22-13-1-3-14(4-2-13)30-20(28)25-18-10-21(8-12(18)9-21)26-19(27)11-29-15-5-6-16(23)17(24)7-15/h1-7,12,18H,8-11H2,(H,25,28)(H,26,27)/t12?,18-,21?/m0/s1. The molecule has 158 valence electrons. The third-order valence-electron chi connectivity index (χ3n) is 5.48. The third kappa shape index (κ3) is 4.63. The van der Waals surface area contributed by atoms with Crippen molar-refractivity contribution in [2.24, 2.45) is 5.92 Å². The van der Waals surface area contributed by atoms with Crippen molar-refractivity contribution in [1.82, 2.24) is 10.6 Å². The zero-order valence-corrected chi connectivity index (χ0v) is 17.3. The molecular formula is C21H19Cl2FN2O4. The fourth-order valence-corrected chi connectivity index (χ4v) is 4.39. The molecular weight excluding hydrogens is 434 g/mol. The van der Waals surface area contributed by atoms with Crippen LogP contribution in [-0.4, -0.2) is 30.2 Å². The van der Waals surface area contributed by atoms with Gasteiger partial charge in [-0.3, -0.25) is 4.79 Å². The number of ether oxygens (including phenoxy) is 2. The SMILES string of the molecule is O=C(COc1ccc(Cl)c(F)c1)NC12CC(C1)[C@@H](NC(=O)Oc1ccc(Cl)cc1)C2. The zero-order chi connectivity index (χ0) is 21.3. The molecule has 2 aromatic rings. The molecule has 0 saturated heterocycles. The predicted molar refractivity (Wildman–Crippen MR) is 110 cm³/mol. The molecule has 2 bridgehead atoms. The highest BCUT2D eigenvalue weighted by molar-refractivity contribution is 6.31. The van der Waals surface area contributed by atoms with Crippen LogP contribution in [0.25, 0.3) is 0 Å². The van der Waals surface area contributed by atoms with Crippen LogP contribution >= 0.6 is 23.2 Å². The van der Waals surface area contributed by atoms with E-state index in [4.69, 9.17) is 32.7 Å². The molecule has 6 nitrogen and oxygen atoms in total. The van der Waals surface area contributed by atoms with E-state index in [1.165, 1.54) is 12.1 Å². The Kier molecular flexibility index (Phi) is 5.75. The maximum absolute atomic E-state index is 13.4. The number of benzene rings is 2. The van der Waals surface area contributed by atoms with Gasteiger partial charge in [0.1, 0.15) is 17.3 Å². The van der Waals surface area contributed by atoms with Crippen LogP contribution in [0.1, 0.15) is 19.3 Å². The van der Waals surface area contributed by atoms with Crippen LogP contribution in [0.2, 0.25) is 10.0 Å². The van der Waals surface area contributed by atoms with Crippen LogP contribution in [-0.2, 0) is 4.79 Å². The Hall–Kier alpha value is -2.51. The van der Waals surface area contributed by atoms with Crippen LogP contribution in [0.15, 0.2) is 42.5 Å². The van der Waals surface area contributed by atoms with Gasteiger partial charge in [0.2, 0.25) is 0 Å². The molecule has 0 heterocycles. The summed E-state index contributed by atoms with van der Waals surface area (Å²) in [7, 11) is 0. The summed E-state index contributed by atoms with van der Waals surface area (Å²) in [5, 5.41) is 6.40. The minimum absolute atomic E-state index is 0.00899. The zero-order valence-electron chi connectivity index (χ0n) is 15.8. The molecule has 30 heavy (non-hydrogen) atoms. The average Bonchev–Trinajstić information content (AvgIpc) is 3.18. The molecule has 2 aromatic carbocycles. The summed E-state index contributed by atoms with van der Waals surface area (Å²) in [6, 6.07) is 10.4. The van der Waals surface area contributed by atoms with Crippen LogP contribution in [0, 0.1) is 11.7 Å². The van der Waals surface area contributed by atoms with E-state index >= 15 is 0 Å². The number of amides is 2. The quantitative estimate of drug-likeness (QED) is 0.683. The largest absolute Gasteiger partial charge is 0.484 e. The highest BCUT2D eigenvalue weighted by Crippen LogP contribution is 2.52. The molecule has 1 atom stereocenters. The van der Waals surface area contributed by atoms with Crippen molar-refractivity contribution in [2.45, 2.75) is 30.8 Å². The number of rotatable bonds is 6. The summed E-state index contributed by atoms with van der Waals surface area (Å²) in [6.45, 7) is -0.232. The summed E-state index contributed by atoms with van der Waals surface area (Å²) in [4.78, 5) is 24.4. The fraction of sp³-hybridized carbons (Fsp3) is 0.333. The second-order valence-electron chi connectivity index (χ2n) is 7.66. The lowest BCUT2D eigenvalue weighted by molar-refractivity contribution is -0.125. The first kappa shape index (κ1) is 20.8. The van der Waals surface area contributed by atoms with Crippen LogP contribution < -0.4 is 20.1 Å². The van der Waals surface area contributed by atoms with Gasteiger partial charge in [-0.2, -0.15) is 0 Å². The van der Waals surface area contributed by atoms with Gasteiger partial charge in [-0.25, -0.2) is 9.18 Å². The van der Waals surface area contributed by atoms with Crippen molar-refractivity contribution in [3.05, 3.63) is 58.3 Å². The minimum atomic E-state index is -0.606. The van der Waals surface area contributed by atoms with Crippen molar-refractivity contribution in [1.29, 1.82) is 0 Å². The van der Waals surface area contributed by atoms with Crippen molar-refractivity contribution < 1.29 is 23.5 Å². The second-order valence-corrected chi connectivity index (χ2v) is 8.50. The summed E-state index contributed by atoms with van der Waals surface area (Å²) < 4.78 is 24.0. The Bertz CT molecular complexity index is 964. The van der Waals surface area contributed by atoms with E-state index in [0.717, 1.165) is 18.9 Å². The van der Waals surface area contributed by atoms with Gasteiger partial charge in [0.25, 0.3) is 5.91 Å². The average molecular weight is 453 g/mol. The van der Waals surface area contributed by atoms with E-state index in [0.29, 0.717) is 17.2 Å². The normalized spacial score (nSPS) is 24.0. The smallest absolute Gasteiger partial charge is 0.412 e. The topological polar surface area (TPSA) is 76.7 Å². The van der Waals surface area contributed by atoms with Crippen LogP contribution in [0.5, 0.6) is 11.5 Å². The molecule has 2 N–H and O–H groups in total. The van der Waals surface area contributed by atoms with Crippen molar-refractivity contribution in [3.8, 4) is 11.5 Å². The highest BCUT2D eigenvalue weighted by atomic mass is 35.5. The fourth-order valence-electron chi connectivity index (χ4n) is 4.14. The van der Waals surface area contributed by atoms with Crippen LogP contribution in [0.4, 0.5) is 9.18 Å². The van der Waals surface area contributed by atoms with Crippen molar-refractivity contribution >= 4 is 35.2 Å². The van der Waals surface area contributed by atoms with Crippen molar-refractivity contribution in [3.63, 3.8) is 0 Å². The van der Waals surface area contributed by atoms with Gasteiger partial charge in [-0.15, -0.1) is 0 Å². The van der Waals surface area contributed by atoms with Gasteiger partial charge in [0.05, 0.1) is 5.02 Å². The number of hydrogen-bond donors (Lipinski definition) is 2. The maximum Gasteiger partial charge on any atom is 0.412 e. The Morgan fingerprint density at radius 3 is 2.47 bits per heavy atom. The lowest BCUT2D eigenvalue weighted by Crippen LogP contribution is -2.53. The number of nitrogens with one attached hydrogen (secondary N) is 2. The van der Waals surface area contributed by atoms with Gasteiger partial charge in [-0.1, -0.05) is 23.2 Å². The molecule has 0 spiro atoms. The van der Waals surface area contributed by atoms with Crippen molar-refractivity contribution in [2.75, 3.05) is 6.61 Å². The Morgan fingerprint density at radius 1 is 1.07 bits per heavy atom. The molecule has 3 fully saturated rings. The summed E-state index contributed by atoms with van der Waals surface area (Å²) in [5.41, 5.74) is -0.353. The molecule has 5 rings (SSSR count). The molecule has 0 aliphatic heterocycles. The monoisotopic (exact) mass is 452 g/mol. The van der Waals surface area contributed by atoms with E-state index in [1.807, 2.05) is 0 Å². The van der Waals surface area contributed by atoms with Gasteiger partial charge >= 0.3 is 6.09 Å². The van der Waals surface area contributed by atoms with Gasteiger partial charge in [0.15, 0.2) is 6.61 Å². The lowest BCUT2D eigenvalue weighted by atomic mass is 9.76. The van der Waals surface area contributed by atoms with E-state index in [1.54, 1.807) is 24.3 Å². The molecule has 0 aromatic heterocycles. The number of halogens is 3. The van der Waals surface area contributed by atoms with E-state index in [2.05, 4.69) is 10.6 Å². The first-order chi connectivity index (χ1) is 14.3. The number of hydrogen-bond acceptors (Lipinski definition) is 4. The van der Waals surface area contributed by atoms with E-state index in [9.17, 15) is 14.0 Å². The Labute approximate surface area is 182 Å². The van der Waals surface area contributed by atoms with Gasteiger partial charge in [-0.05, 0) is 61.6 Å². The predicted octanol–water partition coefficient (Wildman–Crippen LogP) is 4.34. The Morgan fingerprint density at radius 2 is 1.77 bits per heavy atom. The summed E-state index contributed by atoms with van der Waals surface area (Å²) >= 11 is 11.4. The number of carbonyl (C=O) groups excluding carboxylic acids is 2.